The van der Waals surface area contributed by atoms with Crippen LogP contribution in [0.2, 0.25) is 0 Å². The van der Waals surface area contributed by atoms with E-state index < -0.39 is 0 Å². The summed E-state index contributed by atoms with van der Waals surface area (Å²) in [6, 6.07) is 0.0580. The van der Waals surface area contributed by atoms with E-state index in [4.69, 9.17) is 14.5 Å². The molecule has 1 aliphatic carbocycles. The van der Waals surface area contributed by atoms with Crippen LogP contribution in [0.25, 0.3) is 0 Å². The van der Waals surface area contributed by atoms with Crippen LogP contribution in [0.15, 0.2) is 9.98 Å². The maximum absolute atomic E-state index is 5.42. The third-order valence-electron chi connectivity index (χ3n) is 3.68. The second-order valence-electron chi connectivity index (χ2n) is 5.57. The summed E-state index contributed by atoms with van der Waals surface area (Å²) in [6.07, 6.45) is 5.00. The van der Waals surface area contributed by atoms with Crippen LogP contribution < -0.4 is 0 Å². The Morgan fingerprint density at radius 1 is 1.06 bits per heavy atom. The molecule has 2 aliphatic rings. The first kappa shape index (κ1) is 13.4. The molecule has 0 unspecified atom stereocenters. The van der Waals surface area contributed by atoms with Gasteiger partial charge >= 0.3 is 0 Å². The first-order valence-electron chi connectivity index (χ1n) is 6.89. The van der Waals surface area contributed by atoms with Gasteiger partial charge in [-0.25, -0.2) is 9.98 Å². The smallest absolute Gasteiger partial charge is 0.209 e. The highest BCUT2D eigenvalue weighted by atomic mass is 16.5. The molecule has 4 nitrogen and oxygen atoms in total. The molecule has 0 bridgehead atoms. The van der Waals surface area contributed by atoms with Gasteiger partial charge in [0.05, 0.1) is 14.2 Å². The van der Waals surface area contributed by atoms with Crippen molar-refractivity contribution in [2.24, 2.45) is 21.8 Å². The molecule has 0 aromatic heterocycles. The van der Waals surface area contributed by atoms with E-state index in [2.05, 4.69) is 18.8 Å². The molecule has 0 saturated heterocycles. The van der Waals surface area contributed by atoms with Crippen molar-refractivity contribution in [3.8, 4) is 0 Å². The highest BCUT2D eigenvalue weighted by Crippen LogP contribution is 2.34. The van der Waals surface area contributed by atoms with Gasteiger partial charge in [-0.05, 0) is 24.7 Å². The SMILES string of the molecule is COC1=N[C@H](C(C)C)C(OC)=N[C@H]1CCC1CC1. The molecule has 1 fully saturated rings. The van der Waals surface area contributed by atoms with Crippen LogP contribution in [-0.2, 0) is 9.47 Å². The summed E-state index contributed by atoms with van der Waals surface area (Å²) in [6.45, 7) is 4.25. The molecule has 0 radical (unpaired) electrons. The van der Waals surface area contributed by atoms with Gasteiger partial charge in [-0.2, -0.15) is 0 Å². The number of methoxy groups -OCH3 is 2. The lowest BCUT2D eigenvalue weighted by Gasteiger charge is -2.27. The van der Waals surface area contributed by atoms with E-state index in [-0.39, 0.29) is 12.1 Å². The maximum Gasteiger partial charge on any atom is 0.209 e. The summed E-state index contributed by atoms with van der Waals surface area (Å²) in [5.74, 6) is 2.81. The van der Waals surface area contributed by atoms with Crippen LogP contribution in [-0.4, -0.2) is 38.1 Å². The van der Waals surface area contributed by atoms with Crippen molar-refractivity contribution < 1.29 is 9.47 Å². The van der Waals surface area contributed by atoms with Crippen molar-refractivity contribution in [1.29, 1.82) is 0 Å². The average molecular weight is 252 g/mol. The highest BCUT2D eigenvalue weighted by Gasteiger charge is 2.32. The Morgan fingerprint density at radius 2 is 1.72 bits per heavy atom. The predicted molar refractivity (Wildman–Crippen MR) is 73.3 cm³/mol. The third-order valence-corrected chi connectivity index (χ3v) is 3.68. The Morgan fingerprint density at radius 3 is 2.22 bits per heavy atom. The largest absolute Gasteiger partial charge is 0.483 e. The van der Waals surface area contributed by atoms with E-state index >= 15 is 0 Å². The monoisotopic (exact) mass is 252 g/mol. The molecule has 1 aliphatic heterocycles. The van der Waals surface area contributed by atoms with E-state index in [1.165, 1.54) is 19.3 Å². The Bertz CT molecular complexity index is 346. The van der Waals surface area contributed by atoms with Gasteiger partial charge in [0.2, 0.25) is 11.8 Å². The Kier molecular flexibility index (Phi) is 4.25. The lowest BCUT2D eigenvalue weighted by Crippen LogP contribution is -2.37. The summed E-state index contributed by atoms with van der Waals surface area (Å²) in [7, 11) is 3.37. The molecule has 4 heteroatoms. The van der Waals surface area contributed by atoms with Crippen LogP contribution in [0.3, 0.4) is 0 Å². The van der Waals surface area contributed by atoms with Crippen molar-refractivity contribution in [1.82, 2.24) is 0 Å². The number of ether oxygens (including phenoxy) is 2. The third kappa shape index (κ3) is 3.03. The summed E-state index contributed by atoms with van der Waals surface area (Å²) >= 11 is 0. The summed E-state index contributed by atoms with van der Waals surface area (Å²) in [5.41, 5.74) is 0. The number of hydrogen-bond donors (Lipinski definition) is 0. The van der Waals surface area contributed by atoms with Crippen molar-refractivity contribution >= 4 is 11.8 Å². The van der Waals surface area contributed by atoms with E-state index in [0.29, 0.717) is 5.92 Å². The molecule has 18 heavy (non-hydrogen) atoms. The topological polar surface area (TPSA) is 43.2 Å². The molecule has 0 spiro atoms. The van der Waals surface area contributed by atoms with Crippen LogP contribution in [0.1, 0.15) is 39.5 Å². The quantitative estimate of drug-likeness (QED) is 0.772. The second kappa shape index (κ2) is 5.72. The fourth-order valence-electron chi connectivity index (χ4n) is 2.35. The Labute approximate surface area is 109 Å². The van der Waals surface area contributed by atoms with Crippen molar-refractivity contribution in [2.75, 3.05) is 14.2 Å². The normalized spacial score (nSPS) is 27.8. The van der Waals surface area contributed by atoms with Crippen molar-refractivity contribution in [2.45, 2.75) is 51.6 Å². The number of aliphatic imine (C=N–C) groups is 2. The molecular formula is C14H24N2O2. The summed E-state index contributed by atoms with van der Waals surface area (Å²) in [5, 5.41) is 0. The van der Waals surface area contributed by atoms with Gasteiger partial charge in [-0.3, -0.25) is 0 Å². The molecule has 2 rings (SSSR count). The van der Waals surface area contributed by atoms with Crippen LogP contribution in [0.4, 0.5) is 0 Å². The average Bonchev–Trinajstić information content (AvgIpc) is 3.18. The lowest BCUT2D eigenvalue weighted by atomic mass is 10.0. The molecule has 1 saturated carbocycles. The minimum atomic E-state index is 0.00197. The Hall–Kier alpha value is -1.06. The first-order chi connectivity index (χ1) is 8.65. The number of rotatable bonds is 4. The van der Waals surface area contributed by atoms with E-state index in [0.717, 1.165) is 24.1 Å². The fourth-order valence-corrected chi connectivity index (χ4v) is 2.35. The second-order valence-corrected chi connectivity index (χ2v) is 5.57. The molecular weight excluding hydrogens is 228 g/mol. The molecule has 0 aromatic carbocycles. The standard InChI is InChI=1S/C14H24N2O2/c1-9(2)12-14(18-4)15-11(13(16-12)17-3)8-7-10-5-6-10/h9-12H,5-8H2,1-4H3/t11-,12+/m0/s1. The Balaban J connectivity index is 2.07. The van der Waals surface area contributed by atoms with Gasteiger partial charge in [-0.1, -0.05) is 26.7 Å². The van der Waals surface area contributed by atoms with Gasteiger partial charge < -0.3 is 9.47 Å². The zero-order valence-electron chi connectivity index (χ0n) is 11.8. The molecule has 0 amide bonds. The van der Waals surface area contributed by atoms with Gasteiger partial charge in [0.15, 0.2) is 0 Å². The van der Waals surface area contributed by atoms with E-state index in [9.17, 15) is 0 Å². The molecule has 2 atom stereocenters. The van der Waals surface area contributed by atoms with E-state index in [1.54, 1.807) is 14.2 Å². The van der Waals surface area contributed by atoms with Crippen LogP contribution in [0.5, 0.6) is 0 Å². The van der Waals surface area contributed by atoms with Crippen LogP contribution >= 0.6 is 0 Å². The minimum Gasteiger partial charge on any atom is -0.483 e. The van der Waals surface area contributed by atoms with Gasteiger partial charge in [0, 0.05) is 0 Å². The maximum atomic E-state index is 5.42. The first-order valence-corrected chi connectivity index (χ1v) is 6.89. The summed E-state index contributed by atoms with van der Waals surface area (Å²) < 4.78 is 10.8. The number of hydrogen-bond acceptors (Lipinski definition) is 4. The molecule has 102 valence electrons. The van der Waals surface area contributed by atoms with E-state index in [1.807, 2.05) is 0 Å². The predicted octanol–water partition coefficient (Wildman–Crippen LogP) is 2.67. The van der Waals surface area contributed by atoms with Crippen molar-refractivity contribution in [3.63, 3.8) is 0 Å². The highest BCUT2D eigenvalue weighted by molar-refractivity contribution is 5.94. The van der Waals surface area contributed by atoms with Gasteiger partial charge in [0.1, 0.15) is 12.1 Å². The molecule has 1 heterocycles. The van der Waals surface area contributed by atoms with Crippen molar-refractivity contribution in [3.05, 3.63) is 0 Å². The number of nitrogens with zero attached hydrogens (tertiary/aromatic N) is 2. The van der Waals surface area contributed by atoms with Gasteiger partial charge in [0.25, 0.3) is 0 Å². The fraction of sp³-hybridized carbons (Fsp3) is 0.857. The van der Waals surface area contributed by atoms with Crippen LogP contribution in [0, 0.1) is 11.8 Å². The summed E-state index contributed by atoms with van der Waals surface area (Å²) in [4.78, 5) is 9.36. The zero-order valence-corrected chi connectivity index (χ0v) is 11.8. The molecule has 0 aromatic rings. The lowest BCUT2D eigenvalue weighted by molar-refractivity contribution is 0.329. The minimum absolute atomic E-state index is 0.00197. The molecule has 0 N–H and O–H groups in total. The zero-order chi connectivity index (χ0) is 13.1. The van der Waals surface area contributed by atoms with Gasteiger partial charge in [-0.15, -0.1) is 0 Å².